The molecule has 122 valence electrons. The number of ether oxygens (including phenoxy) is 2. The van der Waals surface area contributed by atoms with Gasteiger partial charge in [0.05, 0.1) is 14.2 Å². The van der Waals surface area contributed by atoms with Gasteiger partial charge in [-0.05, 0) is 34.9 Å². The maximum absolute atomic E-state index is 14.2. The minimum atomic E-state index is -0.548. The number of rotatable bonds is 10. The van der Waals surface area contributed by atoms with Crippen LogP contribution in [-0.4, -0.2) is 14.2 Å². The van der Waals surface area contributed by atoms with Crippen LogP contribution in [0.15, 0.2) is 109 Å². The molecule has 0 saturated heterocycles. The zero-order valence-electron chi connectivity index (χ0n) is 13.8. The van der Waals surface area contributed by atoms with Crippen molar-refractivity contribution in [3.8, 4) is 0 Å². The third-order valence-corrected chi connectivity index (χ3v) is 2.85. The first-order valence-corrected chi connectivity index (χ1v) is 6.68. The van der Waals surface area contributed by atoms with Crippen LogP contribution in [-0.2, 0) is 9.47 Å². The van der Waals surface area contributed by atoms with Crippen LogP contribution in [0.5, 0.6) is 0 Å². The van der Waals surface area contributed by atoms with Gasteiger partial charge in [-0.2, -0.15) is 0 Å². The summed E-state index contributed by atoms with van der Waals surface area (Å²) in [6, 6.07) is 0. The first-order chi connectivity index (χ1) is 10.7. The van der Waals surface area contributed by atoms with E-state index < -0.39 is 5.83 Å². The molecule has 0 aromatic heterocycles. The van der Waals surface area contributed by atoms with E-state index in [1.807, 2.05) is 0 Å². The fourth-order valence-electron chi connectivity index (χ4n) is 1.22. The Kier molecular flexibility index (Phi) is 8.78. The average Bonchev–Trinajstić information content (AvgIpc) is 2.55. The first-order valence-electron chi connectivity index (χ1n) is 6.68. The highest BCUT2D eigenvalue weighted by Gasteiger charge is 2.05. The van der Waals surface area contributed by atoms with E-state index in [0.29, 0.717) is 28.2 Å². The largest absolute Gasteiger partial charge is 0.497 e. The second-order valence-electron chi connectivity index (χ2n) is 4.55. The SMILES string of the molecule is C=C(/C=C\C(=C)C(=C)/C=C(/F)C(=C)C(=C)/C=C\C(=C)OC)OC. The molecule has 0 N–H and O–H groups in total. The van der Waals surface area contributed by atoms with Crippen LogP contribution in [0.2, 0.25) is 0 Å². The van der Waals surface area contributed by atoms with Gasteiger partial charge in [0, 0.05) is 5.57 Å². The Bertz CT molecular complexity index is 628. The Hall–Kier alpha value is -2.81. The van der Waals surface area contributed by atoms with Crippen LogP contribution < -0.4 is 0 Å². The second kappa shape index (κ2) is 10.0. The summed E-state index contributed by atoms with van der Waals surface area (Å²) in [6.45, 7) is 22.2. The van der Waals surface area contributed by atoms with Crippen molar-refractivity contribution < 1.29 is 13.9 Å². The molecule has 0 aliphatic rings. The van der Waals surface area contributed by atoms with Gasteiger partial charge in [-0.25, -0.2) is 4.39 Å². The smallest absolute Gasteiger partial charge is 0.131 e. The molecule has 0 fully saturated rings. The highest BCUT2D eigenvalue weighted by molar-refractivity contribution is 5.52. The number of hydrogen-bond donors (Lipinski definition) is 0. The van der Waals surface area contributed by atoms with Gasteiger partial charge in [0.2, 0.25) is 0 Å². The molecule has 0 aliphatic heterocycles. The van der Waals surface area contributed by atoms with Gasteiger partial charge in [-0.1, -0.05) is 51.6 Å². The van der Waals surface area contributed by atoms with E-state index in [4.69, 9.17) is 9.47 Å². The van der Waals surface area contributed by atoms with Crippen molar-refractivity contribution in [3.63, 3.8) is 0 Å². The highest BCUT2D eigenvalue weighted by Crippen LogP contribution is 2.22. The highest BCUT2D eigenvalue weighted by atomic mass is 19.1. The van der Waals surface area contributed by atoms with Crippen LogP contribution >= 0.6 is 0 Å². The van der Waals surface area contributed by atoms with Gasteiger partial charge in [0.25, 0.3) is 0 Å². The summed E-state index contributed by atoms with van der Waals surface area (Å²) < 4.78 is 23.9. The summed E-state index contributed by atoms with van der Waals surface area (Å²) in [5.41, 5.74) is 1.48. The zero-order valence-corrected chi connectivity index (χ0v) is 13.8. The van der Waals surface area contributed by atoms with Crippen LogP contribution in [0.4, 0.5) is 4.39 Å². The van der Waals surface area contributed by atoms with E-state index in [9.17, 15) is 4.39 Å². The van der Waals surface area contributed by atoms with Crippen LogP contribution in [0.3, 0.4) is 0 Å². The third-order valence-electron chi connectivity index (χ3n) is 2.85. The van der Waals surface area contributed by atoms with E-state index in [0.717, 1.165) is 0 Å². The predicted octanol–water partition coefficient (Wildman–Crippen LogP) is 5.50. The Morgan fingerprint density at radius 2 is 1.13 bits per heavy atom. The van der Waals surface area contributed by atoms with Crippen molar-refractivity contribution in [1.82, 2.24) is 0 Å². The van der Waals surface area contributed by atoms with Crippen molar-refractivity contribution in [1.29, 1.82) is 0 Å². The summed E-state index contributed by atoms with van der Waals surface area (Å²) >= 11 is 0. The van der Waals surface area contributed by atoms with Crippen molar-refractivity contribution in [2.24, 2.45) is 0 Å². The van der Waals surface area contributed by atoms with Gasteiger partial charge in [0.15, 0.2) is 0 Å². The number of halogens is 1. The molecular weight excluding hydrogens is 291 g/mol. The molecule has 0 bridgehead atoms. The Labute approximate surface area is 138 Å². The fourth-order valence-corrected chi connectivity index (χ4v) is 1.22. The van der Waals surface area contributed by atoms with Crippen molar-refractivity contribution in [3.05, 3.63) is 109 Å². The minimum Gasteiger partial charge on any atom is -0.497 e. The molecular formula is C20H23FO2. The molecule has 0 aromatic rings. The van der Waals surface area contributed by atoms with E-state index in [-0.39, 0.29) is 5.57 Å². The molecule has 0 aromatic carbocycles. The summed E-state index contributed by atoms with van der Waals surface area (Å²) in [5.74, 6) is 0.349. The summed E-state index contributed by atoms with van der Waals surface area (Å²) in [4.78, 5) is 0. The lowest BCUT2D eigenvalue weighted by Crippen LogP contribution is -1.88. The lowest BCUT2D eigenvalue weighted by Gasteiger charge is -2.05. The van der Waals surface area contributed by atoms with Crippen LogP contribution in [0.25, 0.3) is 0 Å². The maximum Gasteiger partial charge on any atom is 0.131 e. The molecule has 0 spiro atoms. The number of methoxy groups -OCH3 is 2. The van der Waals surface area contributed by atoms with Gasteiger partial charge >= 0.3 is 0 Å². The van der Waals surface area contributed by atoms with Crippen LogP contribution in [0.1, 0.15) is 0 Å². The molecule has 0 radical (unpaired) electrons. The lowest BCUT2D eigenvalue weighted by molar-refractivity contribution is 0.308. The van der Waals surface area contributed by atoms with Crippen molar-refractivity contribution in [2.75, 3.05) is 14.2 Å². The average molecular weight is 314 g/mol. The van der Waals surface area contributed by atoms with Crippen molar-refractivity contribution >= 4 is 0 Å². The molecule has 2 nitrogen and oxygen atoms in total. The molecule has 0 unspecified atom stereocenters. The zero-order chi connectivity index (χ0) is 18.0. The molecule has 0 rings (SSSR count). The minimum absolute atomic E-state index is 0.143. The summed E-state index contributed by atoms with van der Waals surface area (Å²) in [5, 5.41) is 0. The normalized spacial score (nSPS) is 11.3. The Morgan fingerprint density at radius 1 is 0.696 bits per heavy atom. The molecule has 0 heterocycles. The number of allylic oxidation sites excluding steroid dienone is 10. The lowest BCUT2D eigenvalue weighted by atomic mass is 10.0. The molecule has 0 aliphatic carbocycles. The van der Waals surface area contributed by atoms with Crippen molar-refractivity contribution in [2.45, 2.75) is 0 Å². The predicted molar refractivity (Wildman–Crippen MR) is 96.3 cm³/mol. The first kappa shape index (κ1) is 20.2. The molecule has 0 atom stereocenters. The molecule has 3 heteroatoms. The molecule has 0 amide bonds. The van der Waals surface area contributed by atoms with Gasteiger partial charge in [-0.15, -0.1) is 0 Å². The van der Waals surface area contributed by atoms with Gasteiger partial charge in [0.1, 0.15) is 17.3 Å². The summed E-state index contributed by atoms with van der Waals surface area (Å²) in [7, 11) is 3.00. The monoisotopic (exact) mass is 314 g/mol. The number of hydrogen-bond acceptors (Lipinski definition) is 2. The van der Waals surface area contributed by atoms with Gasteiger partial charge < -0.3 is 9.47 Å². The Morgan fingerprint density at radius 3 is 1.57 bits per heavy atom. The quantitative estimate of drug-likeness (QED) is 0.392. The van der Waals surface area contributed by atoms with E-state index in [1.54, 1.807) is 24.3 Å². The van der Waals surface area contributed by atoms with Crippen LogP contribution in [0, 0.1) is 0 Å². The van der Waals surface area contributed by atoms with E-state index >= 15 is 0 Å². The summed E-state index contributed by atoms with van der Waals surface area (Å²) in [6.07, 6.45) is 7.65. The Balaban J connectivity index is 4.93. The topological polar surface area (TPSA) is 18.5 Å². The van der Waals surface area contributed by atoms with E-state index in [1.165, 1.54) is 20.3 Å². The maximum atomic E-state index is 14.2. The van der Waals surface area contributed by atoms with E-state index in [2.05, 4.69) is 39.5 Å². The molecule has 23 heavy (non-hydrogen) atoms. The third kappa shape index (κ3) is 7.67. The standard InChI is InChI=1S/C20H23FO2/c1-14(9-11-17(4)22-7)16(3)13-20(21)19(6)15(2)10-12-18(5)23-8/h9-13H,1-6H2,7-8H3/b11-9-,12-10-,20-13+. The fraction of sp³-hybridized carbons (Fsp3) is 0.100. The molecule has 0 saturated carbocycles. The second-order valence-corrected chi connectivity index (χ2v) is 4.55. The van der Waals surface area contributed by atoms with Gasteiger partial charge in [-0.3, -0.25) is 0 Å².